The lowest BCUT2D eigenvalue weighted by molar-refractivity contribution is 0.0487. The minimum atomic E-state index is -1.81. The van der Waals surface area contributed by atoms with Gasteiger partial charge in [0.1, 0.15) is 5.75 Å². The molecule has 3 aromatic carbocycles. The molecule has 0 radical (unpaired) electrons. The molecule has 0 heterocycles. The summed E-state index contributed by atoms with van der Waals surface area (Å²) in [7, 11) is 0. The molecule has 0 aromatic heterocycles. The molecule has 0 spiro atoms. The van der Waals surface area contributed by atoms with Gasteiger partial charge >= 0.3 is 0 Å². The van der Waals surface area contributed by atoms with E-state index in [2.05, 4.69) is 0 Å². The maximum atomic E-state index is 13.0. The Kier molecular flexibility index (Phi) is 3.96. The predicted molar refractivity (Wildman–Crippen MR) is 88.3 cm³/mol. The molecular weight excluding hydrogens is 288 g/mol. The fourth-order valence-corrected chi connectivity index (χ4v) is 2.61. The highest BCUT2D eigenvalue weighted by molar-refractivity contribution is 6.05. The Morgan fingerprint density at radius 2 is 1.17 bits per heavy atom. The van der Waals surface area contributed by atoms with E-state index in [4.69, 9.17) is 0 Å². The lowest BCUT2D eigenvalue weighted by Crippen LogP contribution is -2.37. The van der Waals surface area contributed by atoms with Gasteiger partial charge in [-0.1, -0.05) is 72.8 Å². The van der Waals surface area contributed by atoms with E-state index in [1.54, 1.807) is 60.7 Å². The smallest absolute Gasteiger partial charge is 0.203 e. The van der Waals surface area contributed by atoms with E-state index in [1.165, 1.54) is 12.1 Å². The average Bonchev–Trinajstić information content (AvgIpc) is 2.62. The molecule has 0 aliphatic rings. The summed E-state index contributed by atoms with van der Waals surface area (Å²) in [6.45, 7) is 0. The van der Waals surface area contributed by atoms with Crippen molar-refractivity contribution in [3.8, 4) is 5.75 Å². The van der Waals surface area contributed by atoms with Crippen LogP contribution in [-0.2, 0) is 5.60 Å². The first kappa shape index (κ1) is 15.0. The van der Waals surface area contributed by atoms with Gasteiger partial charge in [-0.2, -0.15) is 0 Å². The first-order chi connectivity index (χ1) is 11.1. The van der Waals surface area contributed by atoms with Crippen molar-refractivity contribution in [3.63, 3.8) is 0 Å². The summed E-state index contributed by atoms with van der Waals surface area (Å²) in [5.41, 5.74) is -0.488. The molecular formula is C20H16O3. The van der Waals surface area contributed by atoms with Crippen molar-refractivity contribution in [3.05, 3.63) is 102 Å². The molecule has 3 heteroatoms. The largest absolute Gasteiger partial charge is 0.508 e. The fourth-order valence-electron chi connectivity index (χ4n) is 2.61. The van der Waals surface area contributed by atoms with Gasteiger partial charge in [0.05, 0.1) is 0 Å². The van der Waals surface area contributed by atoms with Gasteiger partial charge in [0.2, 0.25) is 5.78 Å². The molecule has 0 amide bonds. The molecule has 0 aliphatic heterocycles. The van der Waals surface area contributed by atoms with Crippen molar-refractivity contribution in [2.75, 3.05) is 0 Å². The normalized spacial score (nSPS) is 13.3. The second-order valence-electron chi connectivity index (χ2n) is 5.32. The first-order valence-electron chi connectivity index (χ1n) is 7.29. The number of phenols is 1. The van der Waals surface area contributed by atoms with Gasteiger partial charge in [-0.25, -0.2) is 0 Å². The lowest BCUT2D eigenvalue weighted by Gasteiger charge is -2.28. The van der Waals surface area contributed by atoms with Crippen LogP contribution in [0.5, 0.6) is 5.75 Å². The molecule has 0 bridgehead atoms. The maximum Gasteiger partial charge on any atom is 0.203 e. The van der Waals surface area contributed by atoms with Crippen molar-refractivity contribution in [2.45, 2.75) is 5.60 Å². The second kappa shape index (κ2) is 6.07. The summed E-state index contributed by atoms with van der Waals surface area (Å²) in [4.78, 5) is 13.0. The maximum absolute atomic E-state index is 13.0. The standard InChI is InChI=1S/C20H16O3/c21-18-13-11-17(12-14-18)20(23,16-9-5-2-6-10-16)19(22)15-7-3-1-4-8-15/h1-14,21,23H. The molecule has 3 nitrogen and oxygen atoms in total. The van der Waals surface area contributed by atoms with Gasteiger partial charge < -0.3 is 10.2 Å². The van der Waals surface area contributed by atoms with Crippen LogP contribution in [0.1, 0.15) is 21.5 Å². The van der Waals surface area contributed by atoms with E-state index in [0.29, 0.717) is 16.7 Å². The number of hydrogen-bond donors (Lipinski definition) is 2. The number of aliphatic hydroxyl groups is 1. The number of aromatic hydroxyl groups is 1. The fraction of sp³-hybridized carbons (Fsp3) is 0.0500. The van der Waals surface area contributed by atoms with Gasteiger partial charge in [-0.05, 0) is 23.3 Å². The van der Waals surface area contributed by atoms with Crippen LogP contribution in [0.25, 0.3) is 0 Å². The molecule has 0 fully saturated rings. The van der Waals surface area contributed by atoms with Crippen molar-refractivity contribution < 1.29 is 15.0 Å². The van der Waals surface area contributed by atoms with E-state index in [0.717, 1.165) is 0 Å². The summed E-state index contributed by atoms with van der Waals surface area (Å²) in [6.07, 6.45) is 0. The van der Waals surface area contributed by atoms with Crippen LogP contribution in [-0.4, -0.2) is 16.0 Å². The Bertz CT molecular complexity index is 795. The summed E-state index contributed by atoms with van der Waals surface area (Å²) in [5, 5.41) is 20.8. The number of hydrogen-bond acceptors (Lipinski definition) is 3. The van der Waals surface area contributed by atoms with E-state index in [1.807, 2.05) is 12.1 Å². The molecule has 114 valence electrons. The summed E-state index contributed by atoms with van der Waals surface area (Å²) in [5.74, 6) is -0.327. The third-order valence-electron chi connectivity index (χ3n) is 3.84. The van der Waals surface area contributed by atoms with Crippen LogP contribution in [0.4, 0.5) is 0 Å². The molecule has 0 aliphatic carbocycles. The monoisotopic (exact) mass is 304 g/mol. The summed E-state index contributed by atoms with van der Waals surface area (Å²) < 4.78 is 0. The highest BCUT2D eigenvalue weighted by Crippen LogP contribution is 2.34. The van der Waals surface area contributed by atoms with Crippen LogP contribution in [0, 0.1) is 0 Å². The molecule has 23 heavy (non-hydrogen) atoms. The zero-order valence-corrected chi connectivity index (χ0v) is 12.4. The summed E-state index contributed by atoms with van der Waals surface area (Å²) >= 11 is 0. The number of benzene rings is 3. The van der Waals surface area contributed by atoms with Gasteiger partial charge in [-0.3, -0.25) is 4.79 Å². The van der Waals surface area contributed by atoms with Crippen LogP contribution < -0.4 is 0 Å². The van der Waals surface area contributed by atoms with E-state index in [-0.39, 0.29) is 5.75 Å². The molecule has 3 aromatic rings. The van der Waals surface area contributed by atoms with Gasteiger partial charge in [-0.15, -0.1) is 0 Å². The van der Waals surface area contributed by atoms with Crippen LogP contribution in [0.15, 0.2) is 84.9 Å². The lowest BCUT2D eigenvalue weighted by atomic mass is 9.80. The molecule has 0 saturated heterocycles. The first-order valence-corrected chi connectivity index (χ1v) is 7.29. The third kappa shape index (κ3) is 2.74. The number of rotatable bonds is 4. The Balaban J connectivity index is 2.18. The topological polar surface area (TPSA) is 57.5 Å². The number of ketones is 1. The highest BCUT2D eigenvalue weighted by atomic mass is 16.3. The van der Waals surface area contributed by atoms with E-state index < -0.39 is 11.4 Å². The van der Waals surface area contributed by atoms with Crippen molar-refractivity contribution in [1.82, 2.24) is 0 Å². The Hall–Kier alpha value is -2.91. The summed E-state index contributed by atoms with van der Waals surface area (Å²) in [6, 6.07) is 23.5. The highest BCUT2D eigenvalue weighted by Gasteiger charge is 2.40. The second-order valence-corrected chi connectivity index (χ2v) is 5.32. The van der Waals surface area contributed by atoms with Crippen LogP contribution in [0.2, 0.25) is 0 Å². The van der Waals surface area contributed by atoms with Gasteiger partial charge in [0.15, 0.2) is 5.60 Å². The predicted octanol–water partition coefficient (Wildman–Crippen LogP) is 3.51. The molecule has 1 unspecified atom stereocenters. The van der Waals surface area contributed by atoms with E-state index in [9.17, 15) is 15.0 Å². The van der Waals surface area contributed by atoms with Gasteiger partial charge in [0.25, 0.3) is 0 Å². The average molecular weight is 304 g/mol. The Labute approximate surface area is 134 Å². The Morgan fingerprint density at radius 3 is 1.74 bits per heavy atom. The van der Waals surface area contributed by atoms with Gasteiger partial charge in [0, 0.05) is 5.56 Å². The minimum absolute atomic E-state index is 0.0799. The number of carbonyl (C=O) groups excluding carboxylic acids is 1. The minimum Gasteiger partial charge on any atom is -0.508 e. The number of Topliss-reactive ketones (excluding diaryl/α,β-unsaturated/α-hetero) is 1. The van der Waals surface area contributed by atoms with Crippen molar-refractivity contribution >= 4 is 5.78 Å². The number of carbonyl (C=O) groups is 1. The zero-order chi connectivity index (χ0) is 16.3. The third-order valence-corrected chi connectivity index (χ3v) is 3.84. The SMILES string of the molecule is O=C(c1ccccc1)C(O)(c1ccccc1)c1ccc(O)cc1. The number of phenolic OH excluding ortho intramolecular Hbond substituents is 1. The molecule has 1 atom stereocenters. The van der Waals surface area contributed by atoms with E-state index >= 15 is 0 Å². The quantitative estimate of drug-likeness (QED) is 0.725. The molecule has 2 N–H and O–H groups in total. The Morgan fingerprint density at radius 1 is 0.696 bits per heavy atom. The van der Waals surface area contributed by atoms with Crippen LogP contribution >= 0.6 is 0 Å². The van der Waals surface area contributed by atoms with Crippen LogP contribution in [0.3, 0.4) is 0 Å². The molecule has 0 saturated carbocycles. The zero-order valence-electron chi connectivity index (χ0n) is 12.4. The van der Waals surface area contributed by atoms with Crippen molar-refractivity contribution in [1.29, 1.82) is 0 Å². The molecule has 3 rings (SSSR count). The van der Waals surface area contributed by atoms with Crippen molar-refractivity contribution in [2.24, 2.45) is 0 Å².